The molecule has 6 aliphatic heterocycles. The van der Waals surface area contributed by atoms with Gasteiger partial charge in [0, 0.05) is 149 Å². The van der Waals surface area contributed by atoms with Crippen molar-refractivity contribution >= 4 is 128 Å². The molecule has 0 bridgehead atoms. The molecule has 0 spiro atoms. The van der Waals surface area contributed by atoms with Crippen molar-refractivity contribution in [1.29, 1.82) is 0 Å². The maximum absolute atomic E-state index is 12.7. The third-order valence-corrected chi connectivity index (χ3v) is 18.2. The molecule has 8 heterocycles. The number of nitrogens with one attached hydrogen (secondary N) is 6. The number of aliphatic hydroxyl groups excluding tert-OH is 1. The highest BCUT2D eigenvalue weighted by Crippen LogP contribution is 2.36. The van der Waals surface area contributed by atoms with E-state index in [-0.39, 0.29) is 71.3 Å². The van der Waals surface area contributed by atoms with Crippen LogP contribution in [0.5, 0.6) is 0 Å². The Morgan fingerprint density at radius 2 is 1.03 bits per heavy atom. The van der Waals surface area contributed by atoms with Gasteiger partial charge in [-0.15, -0.1) is 0 Å². The van der Waals surface area contributed by atoms with Gasteiger partial charge in [0.2, 0.25) is 11.8 Å². The first kappa shape index (κ1) is 72.9. The molecular weight excluding hydrogens is 1300 g/mol. The van der Waals surface area contributed by atoms with Crippen LogP contribution in [0.3, 0.4) is 0 Å². The van der Waals surface area contributed by atoms with Gasteiger partial charge >= 0.3 is 5.97 Å². The molecule has 498 valence electrons. The number of rotatable bonds is 12. The molecule has 12 rings (SSSR count). The number of aromatic carboxylic acids is 1. The number of carboxylic acids is 1. The smallest absolute Gasteiger partial charge is 0.335 e. The monoisotopic (exact) mass is 1380 g/mol. The molecule has 4 aromatic carbocycles. The van der Waals surface area contributed by atoms with Gasteiger partial charge in [-0.3, -0.25) is 28.9 Å². The normalized spacial score (nSPS) is 17.0. The standard InChI is InChI=1S/C24H30N6O2S.C13H18ClN3O.C11H13N3O2S.C9H9ClFNO.C7H4ClFO2.CH4/c1-2-25-23(31)18-3-5-19(6-4-18)29-9-7-28(8-10-29)15-17-13-20-22(26-14-17)30-11-12-33-16-21(30)24(32)27-20;1-2-16-13(18)10-3-4-12(11(14)9-10)17-7-5-15-6-8-17;15-5-7-3-8-10(12-4-7)14-1-2-17-6-9(14)11(16)13-8;1-2-12-9(13)6-3-4-8(11)7(10)5-6;8-5-3-4(7(10)11)1-2-6(5)9;/h3-6,13-14,21H,2,7-12,15-16H2,1H3,(H,25,31)(H,27,32);3-4,9,15H,2,5-8H2,1H3,(H,16,18);3-4,9,15H,1-2,5-6H2,(H,13,16);3-5H,2H2,1H3,(H,12,13);1-3H,(H,10,11);1H4/t21-;;9-;;;/m0.0.../s1. The number of amides is 5. The van der Waals surface area contributed by atoms with Gasteiger partial charge in [0.1, 0.15) is 23.7 Å². The van der Waals surface area contributed by atoms with Crippen LogP contribution >= 0.6 is 58.3 Å². The average molecular weight is 1380 g/mol. The van der Waals surface area contributed by atoms with Gasteiger partial charge in [-0.25, -0.2) is 23.5 Å². The van der Waals surface area contributed by atoms with Crippen LogP contribution in [-0.2, 0) is 22.7 Å². The highest BCUT2D eigenvalue weighted by Gasteiger charge is 2.37. The second kappa shape index (κ2) is 35.7. The number of nitrogens with zero attached hydrogens (tertiary/aromatic N) is 7. The zero-order valence-corrected chi connectivity index (χ0v) is 55.0. The summed E-state index contributed by atoms with van der Waals surface area (Å²) in [6.07, 6.45) is 3.62. The van der Waals surface area contributed by atoms with Crippen molar-refractivity contribution < 1.29 is 47.8 Å². The van der Waals surface area contributed by atoms with E-state index in [9.17, 15) is 37.5 Å². The highest BCUT2D eigenvalue weighted by molar-refractivity contribution is 7.99. The molecule has 28 heteroatoms. The average Bonchev–Trinajstić information content (AvgIpc) is 0.802. The number of benzene rings is 4. The minimum absolute atomic E-state index is 0. The first-order chi connectivity index (χ1) is 44.4. The van der Waals surface area contributed by atoms with Crippen molar-refractivity contribution in [3.05, 3.63) is 163 Å². The van der Waals surface area contributed by atoms with Gasteiger partial charge in [0.05, 0.1) is 44.3 Å². The summed E-state index contributed by atoms with van der Waals surface area (Å²) in [5.74, 6) is 2.94. The van der Waals surface area contributed by atoms with E-state index < -0.39 is 17.6 Å². The van der Waals surface area contributed by atoms with Crippen LogP contribution in [0.4, 0.5) is 43.2 Å². The van der Waals surface area contributed by atoms with Gasteiger partial charge < -0.3 is 61.7 Å². The van der Waals surface area contributed by atoms with Gasteiger partial charge in [-0.1, -0.05) is 42.2 Å². The number of pyridine rings is 2. The number of hydrogen-bond acceptors (Lipinski definition) is 17. The fourth-order valence-corrected chi connectivity index (χ4v) is 13.3. The molecule has 93 heavy (non-hydrogen) atoms. The molecule has 5 amide bonds. The number of aromatic nitrogens is 2. The van der Waals surface area contributed by atoms with Gasteiger partial charge in [-0.2, -0.15) is 23.5 Å². The van der Waals surface area contributed by atoms with Crippen molar-refractivity contribution in [3.8, 4) is 0 Å². The topological polar surface area (TPSA) is 257 Å². The summed E-state index contributed by atoms with van der Waals surface area (Å²) in [5.41, 5.74) is 7.20. The Bertz CT molecular complexity index is 3570. The quantitative estimate of drug-likeness (QED) is 0.0568. The first-order valence-corrected chi connectivity index (χ1v) is 33.5. The van der Waals surface area contributed by atoms with Crippen LogP contribution in [-0.4, -0.2) is 181 Å². The second-order valence-corrected chi connectivity index (χ2v) is 25.0. The third-order valence-electron chi connectivity index (χ3n) is 15.3. The Labute approximate surface area is 564 Å². The number of hydrogen-bond donors (Lipinski definition) is 8. The number of aliphatic hydroxyl groups is 1. The molecule has 6 aliphatic rings. The minimum atomic E-state index is -1.12. The maximum Gasteiger partial charge on any atom is 0.335 e. The largest absolute Gasteiger partial charge is 0.478 e. The molecule has 4 saturated heterocycles. The van der Waals surface area contributed by atoms with Crippen molar-refractivity contribution in [2.24, 2.45) is 0 Å². The number of piperazine rings is 2. The summed E-state index contributed by atoms with van der Waals surface area (Å²) in [7, 11) is 0. The summed E-state index contributed by atoms with van der Waals surface area (Å²) in [4.78, 5) is 89.9. The Morgan fingerprint density at radius 1 is 0.581 bits per heavy atom. The third kappa shape index (κ3) is 19.8. The molecule has 6 aromatic rings. The SMILES string of the molecule is C.CCNC(=O)c1ccc(F)c(Cl)c1.CCNC(=O)c1ccc(N2CCN(Cc3cnc4c(c3)NC(=O)[C@@H]3CSCCN43)CC2)cc1.CCNC(=O)c1ccc(N2CCNCC2)c(Cl)c1.O=C(O)c1ccc(F)c(Cl)c1.O=C1Nc2cc(CO)cnc2N2CCSC[C@@H]12. The van der Waals surface area contributed by atoms with Gasteiger partial charge in [-0.05, 0) is 123 Å². The molecule has 0 aliphatic carbocycles. The van der Waals surface area contributed by atoms with E-state index in [1.54, 1.807) is 30.1 Å². The van der Waals surface area contributed by atoms with Crippen molar-refractivity contribution in [2.45, 2.75) is 53.4 Å². The molecule has 0 saturated carbocycles. The van der Waals surface area contributed by atoms with Gasteiger partial charge in [0.15, 0.2) is 11.6 Å². The molecule has 2 atom stereocenters. The van der Waals surface area contributed by atoms with E-state index in [1.807, 2.05) is 75.1 Å². The second-order valence-electron chi connectivity index (χ2n) is 21.5. The molecule has 0 radical (unpaired) electrons. The van der Waals surface area contributed by atoms with Crippen LogP contribution in [0.25, 0.3) is 0 Å². The number of anilines is 6. The van der Waals surface area contributed by atoms with Crippen LogP contribution in [0.15, 0.2) is 103 Å². The maximum atomic E-state index is 12.7. The number of carbonyl (C=O) groups is 6. The van der Waals surface area contributed by atoms with E-state index in [4.69, 9.17) is 50.0 Å². The minimum Gasteiger partial charge on any atom is -0.478 e. The summed E-state index contributed by atoms with van der Waals surface area (Å²) < 4.78 is 25.1. The lowest BCUT2D eigenvalue weighted by Gasteiger charge is -2.40. The van der Waals surface area contributed by atoms with Crippen molar-refractivity contribution in [3.63, 3.8) is 0 Å². The molecular formula is C65H78Cl3F2N13O8S2. The Kier molecular flexibility index (Phi) is 28.0. The Balaban J connectivity index is 0.000000175. The molecule has 0 unspecified atom stereocenters. The lowest BCUT2D eigenvalue weighted by atomic mass is 10.1. The Morgan fingerprint density at radius 3 is 1.52 bits per heavy atom. The van der Waals surface area contributed by atoms with Gasteiger partial charge in [0.25, 0.3) is 17.7 Å². The Hall–Kier alpha value is -7.49. The van der Waals surface area contributed by atoms with Crippen molar-refractivity contribution in [1.82, 2.24) is 36.1 Å². The van der Waals surface area contributed by atoms with Crippen LogP contribution in [0.2, 0.25) is 15.1 Å². The van der Waals surface area contributed by atoms with Crippen LogP contribution in [0, 0.1) is 11.6 Å². The number of fused-ring (bicyclic) bond motifs is 6. The zero-order chi connectivity index (χ0) is 65.8. The summed E-state index contributed by atoms with van der Waals surface area (Å²) in [6, 6.07) is 24.1. The van der Waals surface area contributed by atoms with E-state index in [2.05, 4.69) is 67.5 Å². The van der Waals surface area contributed by atoms with Crippen molar-refractivity contribution in [2.75, 3.05) is 138 Å². The van der Waals surface area contributed by atoms with Crippen LogP contribution < -0.4 is 51.5 Å². The van der Waals surface area contributed by atoms with E-state index in [1.165, 1.54) is 18.2 Å². The fourth-order valence-electron chi connectivity index (χ4n) is 10.5. The highest BCUT2D eigenvalue weighted by atomic mass is 35.5. The molecule has 2 aromatic heterocycles. The fraction of sp³-hybridized carbons (Fsp3) is 0.385. The lowest BCUT2D eigenvalue weighted by Crippen LogP contribution is -2.53. The molecule has 8 N–H and O–H groups in total. The van der Waals surface area contributed by atoms with Crippen LogP contribution in [0.1, 0.15) is 80.8 Å². The predicted octanol–water partition coefficient (Wildman–Crippen LogP) is 9.02. The lowest BCUT2D eigenvalue weighted by molar-refractivity contribution is -0.118. The number of thioether (sulfide) groups is 2. The number of carboxylic acid groups (broad SMARTS) is 1. The number of halogens is 5. The predicted molar refractivity (Wildman–Crippen MR) is 370 cm³/mol. The summed E-state index contributed by atoms with van der Waals surface area (Å²) in [5, 5.41) is 35.3. The summed E-state index contributed by atoms with van der Waals surface area (Å²) >= 11 is 20.7. The molecule has 4 fully saturated rings. The van der Waals surface area contributed by atoms with E-state index in [0.717, 1.165) is 147 Å². The first-order valence-electron chi connectivity index (χ1n) is 30.1. The summed E-state index contributed by atoms with van der Waals surface area (Å²) in [6.45, 7) is 17.5. The van der Waals surface area contributed by atoms with E-state index in [0.29, 0.717) is 52.6 Å². The van der Waals surface area contributed by atoms with E-state index >= 15 is 0 Å². The number of carbonyl (C=O) groups excluding carboxylic acids is 5. The molecule has 21 nitrogen and oxygen atoms in total. The zero-order valence-electron chi connectivity index (χ0n) is 51.1.